The predicted octanol–water partition coefficient (Wildman–Crippen LogP) is 3.23. The number of carbonyl (C=O) groups is 1. The minimum Gasteiger partial charge on any atom is -0.464 e. The molecule has 0 aromatic carbocycles. The van der Waals surface area contributed by atoms with Gasteiger partial charge in [0.1, 0.15) is 4.60 Å². The van der Waals surface area contributed by atoms with Gasteiger partial charge in [-0.2, -0.15) is 0 Å². The van der Waals surface area contributed by atoms with Crippen molar-refractivity contribution in [1.82, 2.24) is 4.98 Å². The summed E-state index contributed by atoms with van der Waals surface area (Å²) in [6, 6.07) is 1.40. The molecule has 1 aromatic heterocycles. The highest BCUT2D eigenvalue weighted by Crippen LogP contribution is 2.30. The molecule has 0 atom stereocenters. The summed E-state index contributed by atoms with van der Waals surface area (Å²) in [4.78, 5) is 17.6. The normalized spacial score (nSPS) is 9.27. The fourth-order valence-corrected chi connectivity index (χ4v) is 1.44. The zero-order valence-electron chi connectivity index (χ0n) is 7.44. The van der Waals surface area contributed by atoms with Gasteiger partial charge in [0.25, 0.3) is 0 Å². The Balaban J connectivity index is 3.40. The van der Waals surface area contributed by atoms with E-state index in [0.29, 0.717) is 4.60 Å². The zero-order chi connectivity index (χ0) is 11.4. The number of hydrogen-bond acceptors (Lipinski definition) is 4. The molecule has 1 rings (SSSR count). The van der Waals surface area contributed by atoms with Crippen LogP contribution in [0.2, 0.25) is 5.02 Å². The third-order valence-electron chi connectivity index (χ3n) is 1.44. The summed E-state index contributed by atoms with van der Waals surface area (Å²) in [6.45, 7) is 0. The summed E-state index contributed by atoms with van der Waals surface area (Å²) in [6.07, 6.45) is 0. The standard InChI is InChI=1S/C7H4BrClN4O2/c1-15-7(14)6-5(9)3(12-13-10)2-4(8)11-6/h2H,1H3. The molecule has 0 aliphatic heterocycles. The van der Waals surface area contributed by atoms with E-state index in [-0.39, 0.29) is 16.4 Å². The zero-order valence-corrected chi connectivity index (χ0v) is 9.78. The van der Waals surface area contributed by atoms with Gasteiger partial charge in [0.2, 0.25) is 0 Å². The summed E-state index contributed by atoms with van der Waals surface area (Å²) in [5, 5.41) is 3.28. The lowest BCUT2D eigenvalue weighted by Gasteiger charge is -2.04. The van der Waals surface area contributed by atoms with Crippen molar-refractivity contribution in [2.24, 2.45) is 5.11 Å². The van der Waals surface area contributed by atoms with Crippen LogP contribution in [-0.2, 0) is 4.74 Å². The second-order valence-electron chi connectivity index (χ2n) is 2.31. The second kappa shape index (κ2) is 4.97. The first-order chi connectivity index (χ1) is 7.10. The topological polar surface area (TPSA) is 88.0 Å². The van der Waals surface area contributed by atoms with Crippen LogP contribution in [-0.4, -0.2) is 18.1 Å². The van der Waals surface area contributed by atoms with E-state index in [4.69, 9.17) is 17.1 Å². The maximum absolute atomic E-state index is 11.2. The van der Waals surface area contributed by atoms with Crippen LogP contribution in [0.25, 0.3) is 10.4 Å². The SMILES string of the molecule is COC(=O)c1nc(Br)cc(N=[N+]=[N-])c1Cl. The lowest BCUT2D eigenvalue weighted by atomic mass is 10.3. The molecule has 0 aliphatic rings. The van der Waals surface area contributed by atoms with E-state index in [9.17, 15) is 4.79 Å². The van der Waals surface area contributed by atoms with Crippen molar-refractivity contribution in [2.75, 3.05) is 7.11 Å². The maximum atomic E-state index is 11.2. The van der Waals surface area contributed by atoms with E-state index >= 15 is 0 Å². The third-order valence-corrected chi connectivity index (χ3v) is 2.22. The maximum Gasteiger partial charge on any atom is 0.358 e. The summed E-state index contributed by atoms with van der Waals surface area (Å²) < 4.78 is 4.79. The third kappa shape index (κ3) is 2.59. The van der Waals surface area contributed by atoms with Gasteiger partial charge in [-0.05, 0) is 27.5 Å². The molecule has 8 heteroatoms. The van der Waals surface area contributed by atoms with E-state index in [1.807, 2.05) is 0 Å². The molecular formula is C7H4BrClN4O2. The van der Waals surface area contributed by atoms with Gasteiger partial charge in [0.05, 0.1) is 17.8 Å². The first-order valence-electron chi connectivity index (χ1n) is 3.59. The van der Waals surface area contributed by atoms with E-state index in [1.165, 1.54) is 13.2 Å². The van der Waals surface area contributed by atoms with Crippen molar-refractivity contribution < 1.29 is 9.53 Å². The van der Waals surface area contributed by atoms with Crippen LogP contribution in [0.5, 0.6) is 0 Å². The van der Waals surface area contributed by atoms with Gasteiger partial charge in [0.15, 0.2) is 5.69 Å². The molecule has 0 N–H and O–H groups in total. The summed E-state index contributed by atoms with van der Waals surface area (Å²) in [7, 11) is 1.20. The number of pyridine rings is 1. The molecule has 78 valence electrons. The average Bonchev–Trinajstić information content (AvgIpc) is 2.22. The molecule has 0 amide bonds. The lowest BCUT2D eigenvalue weighted by molar-refractivity contribution is 0.0594. The fraction of sp³-hybridized carbons (Fsp3) is 0.143. The quantitative estimate of drug-likeness (QED) is 0.275. The van der Waals surface area contributed by atoms with Crippen molar-refractivity contribution >= 4 is 39.2 Å². The number of hydrogen-bond donors (Lipinski definition) is 0. The van der Waals surface area contributed by atoms with Crippen LogP contribution in [0.4, 0.5) is 5.69 Å². The number of carbonyl (C=O) groups excluding carboxylic acids is 1. The molecule has 0 spiro atoms. The number of rotatable bonds is 2. The minimum absolute atomic E-state index is 0.0390. The second-order valence-corrected chi connectivity index (χ2v) is 3.50. The van der Waals surface area contributed by atoms with Crippen LogP contribution in [0.15, 0.2) is 15.8 Å². The number of halogens is 2. The molecule has 0 bridgehead atoms. The van der Waals surface area contributed by atoms with Gasteiger partial charge < -0.3 is 4.74 Å². The lowest BCUT2D eigenvalue weighted by Crippen LogP contribution is -2.05. The molecule has 0 unspecified atom stereocenters. The molecule has 0 aliphatic carbocycles. The predicted molar refractivity (Wildman–Crippen MR) is 57.1 cm³/mol. The Kier molecular flexibility index (Phi) is 3.90. The summed E-state index contributed by atoms with van der Waals surface area (Å²) >= 11 is 8.84. The van der Waals surface area contributed by atoms with Gasteiger partial charge in [-0.15, -0.1) is 0 Å². The Morgan fingerprint density at radius 1 is 1.80 bits per heavy atom. The summed E-state index contributed by atoms with van der Waals surface area (Å²) in [5.74, 6) is -0.698. The Bertz CT molecular complexity index is 459. The van der Waals surface area contributed by atoms with Gasteiger partial charge in [-0.1, -0.05) is 16.7 Å². The molecule has 6 nitrogen and oxygen atoms in total. The average molecular weight is 291 g/mol. The first-order valence-corrected chi connectivity index (χ1v) is 4.76. The van der Waals surface area contributed by atoms with Crippen molar-refractivity contribution in [1.29, 1.82) is 0 Å². The molecule has 15 heavy (non-hydrogen) atoms. The van der Waals surface area contributed by atoms with Crippen LogP contribution < -0.4 is 0 Å². The van der Waals surface area contributed by atoms with Crippen molar-refractivity contribution in [2.45, 2.75) is 0 Å². The van der Waals surface area contributed by atoms with Crippen molar-refractivity contribution in [3.8, 4) is 0 Å². The molecule has 0 saturated heterocycles. The molecule has 1 aromatic rings. The number of ether oxygens (including phenoxy) is 1. The molecule has 1 heterocycles. The van der Waals surface area contributed by atoms with Crippen LogP contribution >= 0.6 is 27.5 Å². The number of nitrogens with zero attached hydrogens (tertiary/aromatic N) is 4. The monoisotopic (exact) mass is 290 g/mol. The van der Waals surface area contributed by atoms with Crippen LogP contribution in [0.3, 0.4) is 0 Å². The molecular weight excluding hydrogens is 287 g/mol. The van der Waals surface area contributed by atoms with E-state index < -0.39 is 5.97 Å². The minimum atomic E-state index is -0.698. The first kappa shape index (κ1) is 11.8. The highest BCUT2D eigenvalue weighted by atomic mass is 79.9. The number of methoxy groups -OCH3 is 1. The van der Waals surface area contributed by atoms with E-state index in [1.54, 1.807) is 0 Å². The van der Waals surface area contributed by atoms with E-state index in [2.05, 4.69) is 35.7 Å². The van der Waals surface area contributed by atoms with Gasteiger partial charge in [-0.25, -0.2) is 9.78 Å². The van der Waals surface area contributed by atoms with Crippen molar-refractivity contribution in [3.63, 3.8) is 0 Å². The molecule has 0 saturated carbocycles. The summed E-state index contributed by atoms with van der Waals surface area (Å²) in [5.41, 5.74) is 8.28. The largest absolute Gasteiger partial charge is 0.464 e. The highest BCUT2D eigenvalue weighted by molar-refractivity contribution is 9.10. The molecule has 0 fully saturated rings. The Labute approximate surface area is 98.0 Å². The Morgan fingerprint density at radius 2 is 2.47 bits per heavy atom. The van der Waals surface area contributed by atoms with Crippen LogP contribution in [0.1, 0.15) is 10.5 Å². The smallest absolute Gasteiger partial charge is 0.358 e. The van der Waals surface area contributed by atoms with E-state index in [0.717, 1.165) is 0 Å². The highest BCUT2D eigenvalue weighted by Gasteiger charge is 2.16. The number of azide groups is 1. The van der Waals surface area contributed by atoms with Gasteiger partial charge in [0, 0.05) is 4.91 Å². The Morgan fingerprint density at radius 3 is 3.00 bits per heavy atom. The number of esters is 1. The van der Waals surface area contributed by atoms with Crippen LogP contribution in [0, 0.1) is 0 Å². The van der Waals surface area contributed by atoms with Gasteiger partial charge >= 0.3 is 5.97 Å². The Hall–Kier alpha value is -1.30. The van der Waals surface area contributed by atoms with Gasteiger partial charge in [-0.3, -0.25) is 0 Å². The fourth-order valence-electron chi connectivity index (χ4n) is 0.839. The molecule has 0 radical (unpaired) electrons. The number of aromatic nitrogens is 1. The van der Waals surface area contributed by atoms with Crippen molar-refractivity contribution in [3.05, 3.63) is 31.8 Å².